The van der Waals surface area contributed by atoms with E-state index in [1.54, 1.807) is 12.1 Å². The number of amides is 2. The maximum atomic E-state index is 11.6. The van der Waals surface area contributed by atoms with Gasteiger partial charge in [0, 0.05) is 18.3 Å². The molecule has 2 rings (SSSR count). The highest BCUT2D eigenvalue weighted by Gasteiger charge is 2.45. The van der Waals surface area contributed by atoms with E-state index < -0.39 is 29.6 Å². The topological polar surface area (TPSA) is 107 Å². The van der Waals surface area contributed by atoms with E-state index in [0.717, 1.165) is 0 Å². The predicted molar refractivity (Wildman–Crippen MR) is 58.3 cm³/mol. The number of piperidine rings is 1. The Balaban J connectivity index is 2.50. The van der Waals surface area contributed by atoms with Crippen LogP contribution in [0.1, 0.15) is 11.5 Å². The highest BCUT2D eigenvalue weighted by Crippen LogP contribution is 2.34. The Morgan fingerprint density at radius 2 is 1.56 bits per heavy atom. The number of imide groups is 1. The summed E-state index contributed by atoms with van der Waals surface area (Å²) >= 11 is 0. The monoisotopic (exact) mass is 240 g/mol. The number of hydrogen-bond acceptors (Lipinski definition) is 5. The van der Waals surface area contributed by atoms with Gasteiger partial charge in [0.15, 0.2) is 0 Å². The Kier molecular flexibility index (Phi) is 3.03. The van der Waals surface area contributed by atoms with Gasteiger partial charge in [-0.15, -0.1) is 0 Å². The van der Waals surface area contributed by atoms with Gasteiger partial charge in [-0.25, -0.2) is 0 Å². The molecule has 0 aliphatic carbocycles. The second kappa shape index (κ2) is 4.64. The number of aromatic nitrogens is 1. The number of carbonyl (C=O) groups is 2. The van der Waals surface area contributed by atoms with Gasteiger partial charge >= 0.3 is 0 Å². The largest absolute Gasteiger partial charge is 0.294 e. The van der Waals surface area contributed by atoms with Gasteiger partial charge in [-0.05, 0) is 17.7 Å². The molecule has 1 aromatic rings. The van der Waals surface area contributed by atoms with Crippen molar-refractivity contribution in [2.24, 2.45) is 11.8 Å². The van der Waals surface area contributed by atoms with Crippen molar-refractivity contribution < 1.29 is 9.59 Å². The van der Waals surface area contributed by atoms with Gasteiger partial charge in [-0.3, -0.25) is 19.9 Å². The van der Waals surface area contributed by atoms with Crippen LogP contribution in [-0.4, -0.2) is 16.8 Å². The Bertz CT molecular complexity index is 538. The lowest BCUT2D eigenvalue weighted by Gasteiger charge is -2.29. The Morgan fingerprint density at radius 3 is 2.00 bits per heavy atom. The zero-order valence-electron chi connectivity index (χ0n) is 9.20. The van der Waals surface area contributed by atoms with Crippen LogP contribution in [0.3, 0.4) is 0 Å². The highest BCUT2D eigenvalue weighted by molar-refractivity contribution is 6.03. The van der Waals surface area contributed by atoms with E-state index in [2.05, 4.69) is 4.98 Å². The fraction of sp³-hybridized carbons (Fsp3) is 0.250. The Morgan fingerprint density at radius 1 is 1.06 bits per heavy atom. The average molecular weight is 240 g/mol. The third-order valence-corrected chi connectivity index (χ3v) is 2.90. The van der Waals surface area contributed by atoms with Gasteiger partial charge in [0.2, 0.25) is 11.8 Å². The van der Waals surface area contributed by atoms with Crippen molar-refractivity contribution in [1.82, 2.24) is 10.3 Å². The van der Waals surface area contributed by atoms with E-state index in [9.17, 15) is 9.59 Å². The van der Waals surface area contributed by atoms with Crippen molar-refractivity contribution in [3.63, 3.8) is 0 Å². The summed E-state index contributed by atoms with van der Waals surface area (Å²) in [4.78, 5) is 27.0. The first-order valence-corrected chi connectivity index (χ1v) is 5.23. The lowest BCUT2D eigenvalue weighted by molar-refractivity contribution is -0.137. The van der Waals surface area contributed by atoms with Gasteiger partial charge in [-0.2, -0.15) is 10.5 Å². The van der Waals surface area contributed by atoms with Crippen LogP contribution in [0.5, 0.6) is 0 Å². The molecule has 1 aliphatic heterocycles. The Hall–Kier alpha value is -2.73. The van der Waals surface area contributed by atoms with E-state index in [1.807, 2.05) is 17.5 Å². The van der Waals surface area contributed by atoms with Crippen LogP contribution < -0.4 is 5.32 Å². The van der Waals surface area contributed by atoms with Gasteiger partial charge in [0.1, 0.15) is 11.8 Å². The summed E-state index contributed by atoms with van der Waals surface area (Å²) in [6.45, 7) is 0. The molecule has 3 atom stereocenters. The third-order valence-electron chi connectivity index (χ3n) is 2.90. The first-order valence-electron chi connectivity index (χ1n) is 5.23. The van der Waals surface area contributed by atoms with Crippen molar-refractivity contribution in [3.8, 4) is 12.1 Å². The molecule has 1 unspecified atom stereocenters. The number of nitrogens with zero attached hydrogens (tertiary/aromatic N) is 3. The van der Waals surface area contributed by atoms with E-state index >= 15 is 0 Å². The van der Waals surface area contributed by atoms with Gasteiger partial charge < -0.3 is 0 Å². The second-order valence-electron chi connectivity index (χ2n) is 3.87. The number of nitrogens with one attached hydrogen (secondary N) is 1. The van der Waals surface area contributed by atoms with Crippen molar-refractivity contribution in [2.75, 3.05) is 0 Å². The zero-order chi connectivity index (χ0) is 13.1. The molecule has 0 saturated carbocycles. The molecule has 2 heterocycles. The molecule has 1 saturated heterocycles. The van der Waals surface area contributed by atoms with E-state index in [4.69, 9.17) is 10.5 Å². The first kappa shape index (κ1) is 11.7. The highest BCUT2D eigenvalue weighted by atomic mass is 16.2. The summed E-state index contributed by atoms with van der Waals surface area (Å²) in [7, 11) is 0. The Labute approximate surface area is 103 Å². The molecule has 0 aromatic carbocycles. The number of carbonyl (C=O) groups excluding carboxylic acids is 2. The van der Waals surface area contributed by atoms with Gasteiger partial charge in [0.25, 0.3) is 0 Å². The minimum absolute atomic E-state index is 0.589. The zero-order valence-corrected chi connectivity index (χ0v) is 9.20. The van der Waals surface area contributed by atoms with Crippen LogP contribution in [0, 0.1) is 34.5 Å². The predicted octanol–water partition coefficient (Wildman–Crippen LogP) is 0.101. The van der Waals surface area contributed by atoms with Crippen LogP contribution in [0.4, 0.5) is 0 Å². The summed E-state index contributed by atoms with van der Waals surface area (Å²) in [5.74, 6) is -4.15. The minimum atomic E-state index is -1.05. The molecule has 1 aromatic heterocycles. The normalized spacial score (nSPS) is 26.9. The van der Waals surface area contributed by atoms with Gasteiger partial charge in [0.05, 0.1) is 12.1 Å². The standard InChI is InChI=1S/C12H8N4O2/c13-5-8-10(7-1-3-15-4-2-7)9(6-14)12(18)16-11(8)17/h1-4,8-10H,(H,16,17,18)/t8-,9+,10?. The summed E-state index contributed by atoms with van der Waals surface area (Å²) in [6.07, 6.45) is 2.99. The number of pyridine rings is 1. The molecular formula is C12H8N4O2. The molecule has 1 aliphatic rings. The van der Waals surface area contributed by atoms with Crippen LogP contribution in [0.15, 0.2) is 24.5 Å². The first-order chi connectivity index (χ1) is 8.69. The van der Waals surface area contributed by atoms with Crippen molar-refractivity contribution in [3.05, 3.63) is 30.1 Å². The number of hydrogen-bond donors (Lipinski definition) is 1. The molecule has 18 heavy (non-hydrogen) atoms. The molecule has 88 valence electrons. The quantitative estimate of drug-likeness (QED) is 0.700. The maximum Gasteiger partial charge on any atom is 0.244 e. The fourth-order valence-corrected chi connectivity index (χ4v) is 2.04. The molecular weight excluding hydrogens is 232 g/mol. The van der Waals surface area contributed by atoms with Crippen LogP contribution in [0.25, 0.3) is 0 Å². The van der Waals surface area contributed by atoms with E-state index in [-0.39, 0.29) is 0 Å². The molecule has 0 bridgehead atoms. The fourth-order valence-electron chi connectivity index (χ4n) is 2.04. The van der Waals surface area contributed by atoms with Crippen molar-refractivity contribution in [1.29, 1.82) is 10.5 Å². The summed E-state index contributed by atoms with van der Waals surface area (Å²) in [5.41, 5.74) is 0.589. The van der Waals surface area contributed by atoms with Crippen LogP contribution >= 0.6 is 0 Å². The number of nitriles is 2. The summed E-state index contributed by atoms with van der Waals surface area (Å²) in [5, 5.41) is 20.1. The van der Waals surface area contributed by atoms with Gasteiger partial charge in [-0.1, -0.05) is 0 Å². The second-order valence-corrected chi connectivity index (χ2v) is 3.87. The number of rotatable bonds is 1. The molecule has 1 fully saturated rings. The minimum Gasteiger partial charge on any atom is -0.294 e. The molecule has 6 heteroatoms. The molecule has 2 amide bonds. The molecule has 6 nitrogen and oxygen atoms in total. The summed E-state index contributed by atoms with van der Waals surface area (Å²) in [6, 6.07) is 6.91. The van der Waals surface area contributed by atoms with Crippen LogP contribution in [-0.2, 0) is 9.59 Å². The lowest BCUT2D eigenvalue weighted by Crippen LogP contribution is -2.49. The smallest absolute Gasteiger partial charge is 0.244 e. The molecule has 0 radical (unpaired) electrons. The van der Waals surface area contributed by atoms with E-state index in [1.165, 1.54) is 12.4 Å². The SMILES string of the molecule is N#C[C@@H]1C(=O)NC(=O)[C@H](C#N)C1c1ccncc1. The molecule has 1 N–H and O–H groups in total. The average Bonchev–Trinajstić information content (AvgIpc) is 2.39. The van der Waals surface area contributed by atoms with Crippen molar-refractivity contribution >= 4 is 11.8 Å². The lowest BCUT2D eigenvalue weighted by atomic mass is 9.75. The third kappa shape index (κ3) is 1.80. The van der Waals surface area contributed by atoms with Crippen LogP contribution in [0.2, 0.25) is 0 Å². The maximum absolute atomic E-state index is 11.6. The summed E-state index contributed by atoms with van der Waals surface area (Å²) < 4.78 is 0. The molecule has 0 spiro atoms. The van der Waals surface area contributed by atoms with Crippen molar-refractivity contribution in [2.45, 2.75) is 5.92 Å². The van der Waals surface area contributed by atoms with E-state index in [0.29, 0.717) is 5.56 Å².